The number of carbonyl (C=O) groups excluding carboxylic acids is 1. The molecule has 0 unspecified atom stereocenters. The van der Waals surface area contributed by atoms with Crippen LogP contribution >= 0.6 is 11.8 Å². The largest absolute Gasteiger partial charge is 0.491 e. The molecule has 0 aliphatic carbocycles. The Bertz CT molecular complexity index is 645. The molecule has 3 nitrogen and oxygen atoms in total. The van der Waals surface area contributed by atoms with Gasteiger partial charge in [0.1, 0.15) is 12.4 Å². The van der Waals surface area contributed by atoms with Gasteiger partial charge >= 0.3 is 0 Å². The van der Waals surface area contributed by atoms with Crippen LogP contribution in [0.1, 0.15) is 17.3 Å². The summed E-state index contributed by atoms with van der Waals surface area (Å²) in [6.45, 7) is 5.68. The van der Waals surface area contributed by atoms with Crippen LogP contribution < -0.4 is 4.74 Å². The van der Waals surface area contributed by atoms with Gasteiger partial charge in [0.15, 0.2) is 5.78 Å². The summed E-state index contributed by atoms with van der Waals surface area (Å²) >= 11 is 1.61. The molecule has 2 aromatic rings. The summed E-state index contributed by atoms with van der Waals surface area (Å²) in [5.41, 5.74) is 1.20. The molecule has 0 aromatic heterocycles. The molecule has 0 bridgehead atoms. The zero-order valence-corrected chi connectivity index (χ0v) is 13.2. The predicted molar refractivity (Wildman–Crippen MR) is 88.7 cm³/mol. The third kappa shape index (κ3) is 4.48. The number of ketones is 1. The van der Waals surface area contributed by atoms with Crippen LogP contribution in [0.5, 0.6) is 5.75 Å². The van der Waals surface area contributed by atoms with E-state index in [4.69, 9.17) is 9.84 Å². The Morgan fingerprint density at radius 2 is 1.64 bits per heavy atom. The Kier molecular flexibility index (Phi) is 5.81. The molecule has 2 rings (SSSR count). The molecule has 114 valence electrons. The number of rotatable bonds is 7. The normalized spacial score (nSPS) is 10.3. The standard InChI is InChI=1S/C18H18O3S/c1-13(2)18(20)14-3-7-16(8-4-14)22-17-9-5-15(6-10-17)21-12-11-19/h3-10,19H,1,11-12H2,2H3. The van der Waals surface area contributed by atoms with Gasteiger partial charge < -0.3 is 9.84 Å². The molecule has 0 heterocycles. The van der Waals surface area contributed by atoms with Crippen molar-refractivity contribution in [2.45, 2.75) is 16.7 Å². The summed E-state index contributed by atoms with van der Waals surface area (Å²) in [5.74, 6) is 0.711. The molecule has 0 aliphatic rings. The highest BCUT2D eigenvalue weighted by Crippen LogP contribution is 2.29. The van der Waals surface area contributed by atoms with Gasteiger partial charge in [-0.25, -0.2) is 0 Å². The van der Waals surface area contributed by atoms with Gasteiger partial charge in [-0.2, -0.15) is 0 Å². The molecule has 22 heavy (non-hydrogen) atoms. The average Bonchev–Trinajstić information content (AvgIpc) is 2.54. The molecule has 4 heteroatoms. The van der Waals surface area contributed by atoms with Gasteiger partial charge in [0.25, 0.3) is 0 Å². The molecule has 1 N–H and O–H groups in total. The highest BCUT2D eigenvalue weighted by atomic mass is 32.2. The van der Waals surface area contributed by atoms with E-state index in [1.807, 2.05) is 48.5 Å². The molecule has 0 radical (unpaired) electrons. The fourth-order valence-electron chi connectivity index (χ4n) is 1.82. The number of Topliss-reactive ketones (excluding diaryl/α,β-unsaturated/α-hetero) is 1. The number of aliphatic hydroxyl groups is 1. The minimum Gasteiger partial charge on any atom is -0.491 e. The van der Waals surface area contributed by atoms with Crippen molar-refractivity contribution in [2.24, 2.45) is 0 Å². The summed E-state index contributed by atoms with van der Waals surface area (Å²) < 4.78 is 5.32. The van der Waals surface area contributed by atoms with Gasteiger partial charge in [-0.1, -0.05) is 18.3 Å². The van der Waals surface area contributed by atoms with Crippen molar-refractivity contribution in [3.8, 4) is 5.75 Å². The van der Waals surface area contributed by atoms with Crippen LogP contribution in [-0.4, -0.2) is 24.1 Å². The predicted octanol–water partition coefficient (Wildman–Crippen LogP) is 3.97. The SMILES string of the molecule is C=C(C)C(=O)c1ccc(Sc2ccc(OCCO)cc2)cc1. The molecule has 0 fully saturated rings. The van der Waals surface area contributed by atoms with E-state index in [9.17, 15) is 4.79 Å². The van der Waals surface area contributed by atoms with Gasteiger partial charge in [-0.15, -0.1) is 0 Å². The van der Waals surface area contributed by atoms with E-state index in [2.05, 4.69) is 6.58 Å². The lowest BCUT2D eigenvalue weighted by Crippen LogP contribution is -2.01. The number of carbonyl (C=O) groups is 1. The minimum absolute atomic E-state index is 0.00571. The minimum atomic E-state index is -0.0260. The fourth-order valence-corrected chi connectivity index (χ4v) is 2.64. The maximum atomic E-state index is 11.8. The van der Waals surface area contributed by atoms with Crippen molar-refractivity contribution in [2.75, 3.05) is 13.2 Å². The van der Waals surface area contributed by atoms with Crippen LogP contribution in [0.25, 0.3) is 0 Å². The number of allylic oxidation sites excluding steroid dienone is 1. The summed E-state index contributed by atoms with van der Waals surface area (Å²) in [6, 6.07) is 15.2. The number of aliphatic hydroxyl groups excluding tert-OH is 1. The number of hydrogen-bond acceptors (Lipinski definition) is 4. The number of benzene rings is 2. The lowest BCUT2D eigenvalue weighted by Gasteiger charge is -2.06. The van der Waals surface area contributed by atoms with Crippen LogP contribution in [0.4, 0.5) is 0 Å². The van der Waals surface area contributed by atoms with E-state index in [0.29, 0.717) is 17.7 Å². The monoisotopic (exact) mass is 314 g/mol. The maximum Gasteiger partial charge on any atom is 0.188 e. The molecule has 0 aliphatic heterocycles. The first-order valence-electron chi connectivity index (χ1n) is 6.92. The van der Waals surface area contributed by atoms with Crippen molar-refractivity contribution >= 4 is 17.5 Å². The highest BCUT2D eigenvalue weighted by Gasteiger charge is 2.06. The molecular formula is C18H18O3S. The van der Waals surface area contributed by atoms with Gasteiger partial charge in [0.2, 0.25) is 0 Å². The van der Waals surface area contributed by atoms with Crippen molar-refractivity contribution in [3.63, 3.8) is 0 Å². The zero-order valence-electron chi connectivity index (χ0n) is 12.4. The second-order valence-corrected chi connectivity index (χ2v) is 5.93. The summed E-state index contributed by atoms with van der Waals surface area (Å²) in [5, 5.41) is 8.71. The van der Waals surface area contributed by atoms with E-state index in [1.54, 1.807) is 18.7 Å². The van der Waals surface area contributed by atoms with Crippen molar-refractivity contribution in [3.05, 3.63) is 66.2 Å². The van der Waals surface area contributed by atoms with E-state index in [1.165, 1.54) is 0 Å². The second-order valence-electron chi connectivity index (χ2n) is 4.78. The third-order valence-electron chi connectivity index (χ3n) is 2.92. The Hall–Kier alpha value is -2.04. The first-order chi connectivity index (χ1) is 10.6. The smallest absolute Gasteiger partial charge is 0.188 e. The summed E-state index contributed by atoms with van der Waals surface area (Å²) in [6.07, 6.45) is 0. The van der Waals surface area contributed by atoms with Crippen molar-refractivity contribution in [1.82, 2.24) is 0 Å². The van der Waals surface area contributed by atoms with E-state index in [0.717, 1.165) is 15.5 Å². The summed E-state index contributed by atoms with van der Waals surface area (Å²) in [4.78, 5) is 13.9. The topological polar surface area (TPSA) is 46.5 Å². The van der Waals surface area contributed by atoms with Crippen molar-refractivity contribution in [1.29, 1.82) is 0 Å². The molecule has 0 atom stereocenters. The fraction of sp³-hybridized carbons (Fsp3) is 0.167. The Labute approximate surface area is 134 Å². The van der Waals surface area contributed by atoms with Crippen LogP contribution in [0.2, 0.25) is 0 Å². The van der Waals surface area contributed by atoms with Crippen molar-refractivity contribution < 1.29 is 14.6 Å². The highest BCUT2D eigenvalue weighted by molar-refractivity contribution is 7.99. The van der Waals surface area contributed by atoms with Gasteiger partial charge in [0.05, 0.1) is 6.61 Å². The van der Waals surface area contributed by atoms with E-state index in [-0.39, 0.29) is 12.4 Å². The maximum absolute atomic E-state index is 11.8. The van der Waals surface area contributed by atoms with Crippen LogP contribution in [0.15, 0.2) is 70.5 Å². The molecule has 2 aromatic carbocycles. The average molecular weight is 314 g/mol. The van der Waals surface area contributed by atoms with Crippen LogP contribution in [0, 0.1) is 0 Å². The molecule has 0 amide bonds. The first kappa shape index (κ1) is 16.3. The molecule has 0 saturated heterocycles. The van der Waals surface area contributed by atoms with Gasteiger partial charge in [-0.3, -0.25) is 4.79 Å². The lowest BCUT2D eigenvalue weighted by atomic mass is 10.1. The Morgan fingerprint density at radius 1 is 1.09 bits per heavy atom. The number of ether oxygens (including phenoxy) is 1. The Balaban J connectivity index is 2.01. The van der Waals surface area contributed by atoms with E-state index >= 15 is 0 Å². The van der Waals surface area contributed by atoms with Gasteiger partial charge in [0, 0.05) is 15.4 Å². The molecule has 0 spiro atoms. The number of hydrogen-bond donors (Lipinski definition) is 1. The zero-order chi connectivity index (χ0) is 15.9. The van der Waals surface area contributed by atoms with Crippen LogP contribution in [-0.2, 0) is 0 Å². The quantitative estimate of drug-likeness (QED) is 0.620. The van der Waals surface area contributed by atoms with E-state index < -0.39 is 0 Å². The van der Waals surface area contributed by atoms with Gasteiger partial charge in [-0.05, 0) is 61.0 Å². The second kappa shape index (κ2) is 7.82. The first-order valence-corrected chi connectivity index (χ1v) is 7.73. The third-order valence-corrected chi connectivity index (χ3v) is 3.94. The lowest BCUT2D eigenvalue weighted by molar-refractivity contribution is 0.103. The Morgan fingerprint density at radius 3 is 2.14 bits per heavy atom. The summed E-state index contributed by atoms with van der Waals surface area (Å²) in [7, 11) is 0. The molecular weight excluding hydrogens is 296 g/mol. The molecule has 0 saturated carbocycles. The van der Waals surface area contributed by atoms with Crippen LogP contribution in [0.3, 0.4) is 0 Å².